The van der Waals surface area contributed by atoms with Crippen molar-refractivity contribution in [3.05, 3.63) is 42.5 Å². The molecule has 0 aliphatic heterocycles. The molecule has 134 valence electrons. The monoisotopic (exact) mass is 365 g/mol. The van der Waals surface area contributed by atoms with E-state index in [-0.39, 0.29) is 0 Å². The average Bonchev–Trinajstić information content (AvgIpc) is 2.55. The van der Waals surface area contributed by atoms with Crippen molar-refractivity contribution in [3.8, 4) is 11.5 Å². The van der Waals surface area contributed by atoms with Gasteiger partial charge in [-0.3, -0.25) is 4.72 Å². The molecule has 0 heterocycles. The first-order chi connectivity index (χ1) is 11.8. The fourth-order valence-electron chi connectivity index (χ4n) is 2.03. The minimum absolute atomic E-state index is 0.405. The van der Waals surface area contributed by atoms with Gasteiger partial charge in [-0.1, -0.05) is 0 Å². The highest BCUT2D eigenvalue weighted by atomic mass is 32.2. The molecule has 25 heavy (non-hydrogen) atoms. The zero-order chi connectivity index (χ0) is 18.4. The Morgan fingerprint density at radius 3 is 2.12 bits per heavy atom. The molecule has 2 amide bonds. The Morgan fingerprint density at radius 1 is 0.920 bits per heavy atom. The van der Waals surface area contributed by atoms with Gasteiger partial charge in [0.05, 0.1) is 26.2 Å². The zero-order valence-electron chi connectivity index (χ0n) is 14.0. The second-order valence-electron chi connectivity index (χ2n) is 5.10. The molecule has 0 atom stereocenters. The van der Waals surface area contributed by atoms with Gasteiger partial charge in [0.2, 0.25) is 10.0 Å². The van der Waals surface area contributed by atoms with Crippen LogP contribution < -0.4 is 24.8 Å². The van der Waals surface area contributed by atoms with Crippen LogP contribution in [0.2, 0.25) is 0 Å². The van der Waals surface area contributed by atoms with Crippen molar-refractivity contribution in [1.82, 2.24) is 0 Å². The van der Waals surface area contributed by atoms with E-state index in [0.29, 0.717) is 28.6 Å². The first-order valence-corrected chi connectivity index (χ1v) is 9.08. The van der Waals surface area contributed by atoms with Crippen LogP contribution in [0.3, 0.4) is 0 Å². The first-order valence-electron chi connectivity index (χ1n) is 7.18. The quantitative estimate of drug-likeness (QED) is 0.730. The lowest BCUT2D eigenvalue weighted by atomic mass is 10.2. The van der Waals surface area contributed by atoms with Crippen molar-refractivity contribution in [2.75, 3.05) is 35.8 Å². The number of hydrogen-bond acceptors (Lipinski definition) is 5. The molecule has 0 unspecified atom stereocenters. The summed E-state index contributed by atoms with van der Waals surface area (Å²) in [5, 5.41) is 5.32. The molecule has 0 aliphatic rings. The largest absolute Gasteiger partial charge is 0.497 e. The summed E-state index contributed by atoms with van der Waals surface area (Å²) < 4.78 is 35.0. The summed E-state index contributed by atoms with van der Waals surface area (Å²) in [5.74, 6) is 1.07. The molecule has 9 heteroatoms. The molecule has 2 aromatic carbocycles. The van der Waals surface area contributed by atoms with Crippen LogP contribution in [0.1, 0.15) is 0 Å². The Labute approximate surface area is 146 Å². The number of methoxy groups -OCH3 is 2. The standard InChI is InChI=1S/C16H19N3O5S/c1-23-13-8-9-15(24-2)14(10-13)18-16(20)17-11-4-6-12(7-5-11)19-25(3,21)22/h4-10,19H,1-3H3,(H2,17,18,20). The van der Waals surface area contributed by atoms with Crippen LogP contribution in [0, 0.1) is 0 Å². The summed E-state index contributed by atoms with van der Waals surface area (Å²) in [6, 6.07) is 10.8. The number of nitrogens with one attached hydrogen (secondary N) is 3. The van der Waals surface area contributed by atoms with E-state index in [0.717, 1.165) is 6.26 Å². The van der Waals surface area contributed by atoms with Crippen molar-refractivity contribution >= 4 is 33.1 Å². The number of amides is 2. The fraction of sp³-hybridized carbons (Fsp3) is 0.188. The van der Waals surface area contributed by atoms with Gasteiger partial charge in [-0.25, -0.2) is 13.2 Å². The maximum atomic E-state index is 12.1. The van der Waals surface area contributed by atoms with Crippen molar-refractivity contribution in [2.24, 2.45) is 0 Å². The molecule has 0 bridgehead atoms. The third kappa shape index (κ3) is 5.57. The number of urea groups is 1. The number of benzene rings is 2. The Morgan fingerprint density at radius 2 is 1.56 bits per heavy atom. The van der Waals surface area contributed by atoms with Crippen molar-refractivity contribution in [1.29, 1.82) is 0 Å². The minimum Gasteiger partial charge on any atom is -0.497 e. The summed E-state index contributed by atoms with van der Waals surface area (Å²) >= 11 is 0. The molecule has 0 fully saturated rings. The fourth-order valence-corrected chi connectivity index (χ4v) is 2.60. The van der Waals surface area contributed by atoms with Gasteiger partial charge < -0.3 is 20.1 Å². The summed E-state index contributed by atoms with van der Waals surface area (Å²) in [6.45, 7) is 0. The first kappa shape index (κ1) is 18.4. The van der Waals surface area contributed by atoms with Gasteiger partial charge in [0, 0.05) is 17.4 Å². The predicted octanol–water partition coefficient (Wildman–Crippen LogP) is 2.72. The molecule has 0 saturated heterocycles. The van der Waals surface area contributed by atoms with Crippen LogP contribution in [0.5, 0.6) is 11.5 Å². The molecule has 8 nitrogen and oxygen atoms in total. The average molecular weight is 365 g/mol. The van der Waals surface area contributed by atoms with Gasteiger partial charge in [-0.05, 0) is 36.4 Å². The van der Waals surface area contributed by atoms with E-state index < -0.39 is 16.1 Å². The van der Waals surface area contributed by atoms with Gasteiger partial charge in [0.15, 0.2) is 0 Å². The normalized spacial score (nSPS) is 10.7. The van der Waals surface area contributed by atoms with Crippen molar-refractivity contribution in [2.45, 2.75) is 0 Å². The van der Waals surface area contributed by atoms with E-state index in [1.807, 2.05) is 0 Å². The van der Waals surface area contributed by atoms with Gasteiger partial charge in [0.25, 0.3) is 0 Å². The smallest absolute Gasteiger partial charge is 0.323 e. The van der Waals surface area contributed by atoms with Crippen LogP contribution in [-0.4, -0.2) is 34.9 Å². The highest BCUT2D eigenvalue weighted by molar-refractivity contribution is 7.92. The molecule has 0 aliphatic carbocycles. The number of ether oxygens (including phenoxy) is 2. The summed E-state index contributed by atoms with van der Waals surface area (Å²) in [5.41, 5.74) is 1.36. The number of anilines is 3. The molecular formula is C16H19N3O5S. The van der Waals surface area contributed by atoms with Gasteiger partial charge >= 0.3 is 6.03 Å². The molecule has 2 rings (SSSR count). The van der Waals surface area contributed by atoms with E-state index in [1.54, 1.807) is 42.5 Å². The predicted molar refractivity (Wildman–Crippen MR) is 97.1 cm³/mol. The van der Waals surface area contributed by atoms with Crippen LogP contribution >= 0.6 is 0 Å². The van der Waals surface area contributed by atoms with Crippen LogP contribution in [0.4, 0.5) is 21.9 Å². The van der Waals surface area contributed by atoms with Crippen molar-refractivity contribution < 1.29 is 22.7 Å². The lowest BCUT2D eigenvalue weighted by molar-refractivity contribution is 0.262. The lowest BCUT2D eigenvalue weighted by Gasteiger charge is -2.13. The van der Waals surface area contributed by atoms with Gasteiger partial charge in [0.1, 0.15) is 11.5 Å². The molecule has 2 aromatic rings. The van der Waals surface area contributed by atoms with Crippen molar-refractivity contribution in [3.63, 3.8) is 0 Å². The number of carbonyl (C=O) groups is 1. The van der Waals surface area contributed by atoms with Crippen LogP contribution in [0.25, 0.3) is 0 Å². The summed E-state index contributed by atoms with van der Waals surface area (Å²) in [4.78, 5) is 12.1. The second-order valence-corrected chi connectivity index (χ2v) is 6.85. The van der Waals surface area contributed by atoms with E-state index in [2.05, 4.69) is 15.4 Å². The number of carbonyl (C=O) groups excluding carboxylic acids is 1. The zero-order valence-corrected chi connectivity index (χ0v) is 14.8. The van der Waals surface area contributed by atoms with Crippen LogP contribution in [-0.2, 0) is 10.0 Å². The van der Waals surface area contributed by atoms with Crippen LogP contribution in [0.15, 0.2) is 42.5 Å². The van der Waals surface area contributed by atoms with E-state index in [9.17, 15) is 13.2 Å². The van der Waals surface area contributed by atoms with E-state index >= 15 is 0 Å². The van der Waals surface area contributed by atoms with E-state index in [4.69, 9.17) is 9.47 Å². The molecule has 0 aromatic heterocycles. The summed E-state index contributed by atoms with van der Waals surface area (Å²) in [6.07, 6.45) is 1.06. The topological polar surface area (TPSA) is 106 Å². The molecule has 0 radical (unpaired) electrons. The maximum Gasteiger partial charge on any atom is 0.323 e. The summed E-state index contributed by atoms with van der Waals surface area (Å²) in [7, 11) is -0.320. The number of rotatable bonds is 6. The van der Waals surface area contributed by atoms with E-state index in [1.165, 1.54) is 14.2 Å². The van der Waals surface area contributed by atoms with Gasteiger partial charge in [-0.2, -0.15) is 0 Å². The molecule has 3 N–H and O–H groups in total. The Balaban J connectivity index is 2.05. The number of hydrogen-bond donors (Lipinski definition) is 3. The second kappa shape index (κ2) is 7.75. The van der Waals surface area contributed by atoms with Gasteiger partial charge in [-0.15, -0.1) is 0 Å². The Kier molecular flexibility index (Phi) is 5.71. The third-order valence-corrected chi connectivity index (χ3v) is 3.71. The molecular weight excluding hydrogens is 346 g/mol. The number of sulfonamides is 1. The lowest BCUT2D eigenvalue weighted by Crippen LogP contribution is -2.20. The Bertz CT molecular complexity index is 851. The minimum atomic E-state index is -3.34. The Hall–Kier alpha value is -2.94. The highest BCUT2D eigenvalue weighted by Crippen LogP contribution is 2.29. The third-order valence-electron chi connectivity index (χ3n) is 3.10. The molecule has 0 spiro atoms. The molecule has 0 saturated carbocycles. The SMILES string of the molecule is COc1ccc(OC)c(NC(=O)Nc2ccc(NS(C)(=O)=O)cc2)c1. The maximum absolute atomic E-state index is 12.1. The highest BCUT2D eigenvalue weighted by Gasteiger charge is 2.09.